The first-order valence-electron chi connectivity index (χ1n) is 3.29. The van der Waals surface area contributed by atoms with Crippen molar-refractivity contribution in [3.63, 3.8) is 0 Å². The van der Waals surface area contributed by atoms with Crippen LogP contribution in [-0.2, 0) is 4.79 Å². The highest BCUT2D eigenvalue weighted by molar-refractivity contribution is 5.73. The van der Waals surface area contributed by atoms with Gasteiger partial charge in [-0.25, -0.2) is 4.79 Å². The van der Waals surface area contributed by atoms with Crippen LogP contribution in [-0.4, -0.2) is 22.2 Å². The van der Waals surface area contributed by atoms with Gasteiger partial charge in [0.2, 0.25) is 0 Å². The Morgan fingerprint density at radius 1 is 1.50 bits per heavy atom. The number of alkyl halides is 3. The molecular weight excluding hydrogens is 201 g/mol. The number of halogens is 3. The van der Waals surface area contributed by atoms with Crippen LogP contribution in [0.1, 0.15) is 0 Å². The summed E-state index contributed by atoms with van der Waals surface area (Å²) in [6.45, 7) is 0. The Kier molecular flexibility index (Phi) is 4.41. The molecule has 1 rings (SSSR count). The molecule has 0 aliphatic rings. The third-order valence-corrected chi connectivity index (χ3v) is 0.927. The molecule has 1 aromatic heterocycles. The van der Waals surface area contributed by atoms with E-state index < -0.39 is 12.1 Å². The molecule has 0 bridgehead atoms. The van der Waals surface area contributed by atoms with E-state index in [1.165, 1.54) is 0 Å². The molecular formula is C7H7F3N2O2. The lowest BCUT2D eigenvalue weighted by atomic mass is 10.4. The fraction of sp³-hybridized carbons (Fsp3) is 0.143. The molecule has 0 amide bonds. The zero-order chi connectivity index (χ0) is 11.2. The minimum absolute atomic E-state index is 0.711. The van der Waals surface area contributed by atoms with Crippen molar-refractivity contribution in [3.05, 3.63) is 24.5 Å². The van der Waals surface area contributed by atoms with Crippen molar-refractivity contribution >= 4 is 11.7 Å². The lowest BCUT2D eigenvalue weighted by Gasteiger charge is -1.93. The summed E-state index contributed by atoms with van der Waals surface area (Å²) in [5.74, 6) is -2.76. The predicted molar refractivity (Wildman–Crippen MR) is 42.3 cm³/mol. The second-order valence-corrected chi connectivity index (χ2v) is 2.09. The lowest BCUT2D eigenvalue weighted by molar-refractivity contribution is -0.192. The van der Waals surface area contributed by atoms with Gasteiger partial charge in [-0.05, 0) is 12.1 Å². The van der Waals surface area contributed by atoms with E-state index in [0.29, 0.717) is 5.69 Å². The molecule has 0 aliphatic heterocycles. The number of aromatic nitrogens is 1. The fourth-order valence-corrected chi connectivity index (χ4v) is 0.376. The summed E-state index contributed by atoms with van der Waals surface area (Å²) in [5.41, 5.74) is 6.01. The number of carbonyl (C=O) groups is 1. The first-order valence-corrected chi connectivity index (χ1v) is 3.29. The van der Waals surface area contributed by atoms with Gasteiger partial charge in [0.15, 0.2) is 0 Å². The van der Waals surface area contributed by atoms with Crippen molar-refractivity contribution in [3.8, 4) is 0 Å². The number of nitrogen functional groups attached to an aromatic ring is 1. The quantitative estimate of drug-likeness (QED) is 0.673. The number of aliphatic carboxylic acids is 1. The third kappa shape index (κ3) is 5.81. The smallest absolute Gasteiger partial charge is 0.475 e. The number of rotatable bonds is 0. The van der Waals surface area contributed by atoms with Crippen LogP contribution in [0.15, 0.2) is 24.5 Å². The lowest BCUT2D eigenvalue weighted by Crippen LogP contribution is -2.21. The molecule has 78 valence electrons. The van der Waals surface area contributed by atoms with Crippen molar-refractivity contribution in [1.82, 2.24) is 4.98 Å². The van der Waals surface area contributed by atoms with Crippen molar-refractivity contribution in [2.45, 2.75) is 6.18 Å². The number of carboxylic acids is 1. The van der Waals surface area contributed by atoms with E-state index in [1.807, 2.05) is 0 Å². The summed E-state index contributed by atoms with van der Waals surface area (Å²) in [6, 6.07) is 3.60. The predicted octanol–water partition coefficient (Wildman–Crippen LogP) is 1.30. The van der Waals surface area contributed by atoms with Crippen LogP contribution in [0.25, 0.3) is 0 Å². The minimum atomic E-state index is -5.08. The van der Waals surface area contributed by atoms with E-state index in [4.69, 9.17) is 15.6 Å². The molecule has 1 heterocycles. The first kappa shape index (κ1) is 12.2. The van der Waals surface area contributed by atoms with Gasteiger partial charge < -0.3 is 10.8 Å². The molecule has 0 aliphatic carbocycles. The normalized spacial score (nSPS) is 9.93. The summed E-state index contributed by atoms with van der Waals surface area (Å²) in [5, 5.41) is 7.12. The van der Waals surface area contributed by atoms with E-state index in [-0.39, 0.29) is 0 Å². The number of hydrogen-bond donors (Lipinski definition) is 2. The fourth-order valence-electron chi connectivity index (χ4n) is 0.376. The Morgan fingerprint density at radius 2 is 2.00 bits per heavy atom. The average Bonchev–Trinajstić information content (AvgIpc) is 2.04. The number of nitrogens with zero attached hydrogens (tertiary/aromatic N) is 1. The van der Waals surface area contributed by atoms with Crippen LogP contribution < -0.4 is 5.73 Å². The Balaban J connectivity index is 0.000000241. The van der Waals surface area contributed by atoms with Crippen LogP contribution in [0, 0.1) is 0 Å². The van der Waals surface area contributed by atoms with Gasteiger partial charge in [0.25, 0.3) is 0 Å². The Morgan fingerprint density at radius 3 is 2.14 bits per heavy atom. The second-order valence-electron chi connectivity index (χ2n) is 2.09. The Labute approximate surface area is 77.2 Å². The van der Waals surface area contributed by atoms with E-state index in [2.05, 4.69) is 4.98 Å². The van der Waals surface area contributed by atoms with Gasteiger partial charge in [-0.15, -0.1) is 0 Å². The topological polar surface area (TPSA) is 76.2 Å². The van der Waals surface area contributed by atoms with Crippen LogP contribution in [0.5, 0.6) is 0 Å². The van der Waals surface area contributed by atoms with Gasteiger partial charge in [0, 0.05) is 12.4 Å². The largest absolute Gasteiger partial charge is 0.490 e. The molecule has 7 heteroatoms. The third-order valence-electron chi connectivity index (χ3n) is 0.927. The van der Waals surface area contributed by atoms with E-state index in [9.17, 15) is 13.2 Å². The Hall–Kier alpha value is -1.79. The summed E-state index contributed by atoms with van der Waals surface area (Å²) >= 11 is 0. The maximum absolute atomic E-state index is 10.6. The molecule has 4 nitrogen and oxygen atoms in total. The van der Waals surface area contributed by atoms with Crippen LogP contribution in [0.2, 0.25) is 0 Å². The highest BCUT2D eigenvalue weighted by Gasteiger charge is 2.38. The number of nitrogens with two attached hydrogens (primary N) is 1. The van der Waals surface area contributed by atoms with Crippen molar-refractivity contribution in [2.24, 2.45) is 0 Å². The Bertz CT molecular complexity index is 287. The highest BCUT2D eigenvalue weighted by atomic mass is 19.4. The zero-order valence-electron chi connectivity index (χ0n) is 6.82. The van der Waals surface area contributed by atoms with Crippen LogP contribution in [0.3, 0.4) is 0 Å². The standard InChI is InChI=1S/C5H6N2.C2HF3O2/c6-5-2-1-3-7-4-5;3-2(4,5)1(6)7/h1-4H,6H2;(H,6,7). The monoisotopic (exact) mass is 208 g/mol. The summed E-state index contributed by atoms with van der Waals surface area (Å²) in [6.07, 6.45) is -1.78. The molecule has 0 spiro atoms. The molecule has 1 aromatic rings. The number of hydrogen-bond acceptors (Lipinski definition) is 3. The summed E-state index contributed by atoms with van der Waals surface area (Å²) in [7, 11) is 0. The number of anilines is 1. The minimum Gasteiger partial charge on any atom is -0.475 e. The van der Waals surface area contributed by atoms with E-state index in [0.717, 1.165) is 0 Å². The van der Waals surface area contributed by atoms with Gasteiger partial charge >= 0.3 is 12.1 Å². The molecule has 0 saturated carbocycles. The number of pyridine rings is 1. The SMILES string of the molecule is Nc1cccnc1.O=C(O)C(F)(F)F. The first-order chi connectivity index (χ1) is 6.34. The van der Waals surface area contributed by atoms with Gasteiger partial charge in [-0.3, -0.25) is 4.98 Å². The van der Waals surface area contributed by atoms with Crippen LogP contribution in [0.4, 0.5) is 18.9 Å². The number of carboxylic acid groups (broad SMARTS) is 1. The van der Waals surface area contributed by atoms with E-state index in [1.54, 1.807) is 24.5 Å². The van der Waals surface area contributed by atoms with Crippen molar-refractivity contribution in [1.29, 1.82) is 0 Å². The molecule has 0 aromatic carbocycles. The van der Waals surface area contributed by atoms with Crippen molar-refractivity contribution in [2.75, 3.05) is 5.73 Å². The average molecular weight is 208 g/mol. The zero-order valence-corrected chi connectivity index (χ0v) is 6.82. The molecule has 3 N–H and O–H groups in total. The molecule has 0 radical (unpaired) electrons. The maximum Gasteiger partial charge on any atom is 0.490 e. The van der Waals surface area contributed by atoms with Gasteiger partial charge in [-0.1, -0.05) is 0 Å². The second kappa shape index (κ2) is 5.05. The summed E-state index contributed by atoms with van der Waals surface area (Å²) in [4.78, 5) is 12.7. The van der Waals surface area contributed by atoms with Crippen molar-refractivity contribution < 1.29 is 23.1 Å². The van der Waals surface area contributed by atoms with Gasteiger partial charge in [0.05, 0.1) is 5.69 Å². The molecule has 0 saturated heterocycles. The molecule has 14 heavy (non-hydrogen) atoms. The van der Waals surface area contributed by atoms with E-state index >= 15 is 0 Å². The highest BCUT2D eigenvalue weighted by Crippen LogP contribution is 2.13. The summed E-state index contributed by atoms with van der Waals surface area (Å²) < 4.78 is 31.7. The molecule has 0 atom stereocenters. The maximum atomic E-state index is 10.6. The van der Waals surface area contributed by atoms with Crippen LogP contribution >= 0.6 is 0 Å². The molecule has 0 unspecified atom stereocenters. The van der Waals surface area contributed by atoms with Gasteiger partial charge in [0.1, 0.15) is 0 Å². The molecule has 0 fully saturated rings. The van der Waals surface area contributed by atoms with Gasteiger partial charge in [-0.2, -0.15) is 13.2 Å².